The maximum atomic E-state index is 13.3. The van der Waals surface area contributed by atoms with Gasteiger partial charge in [-0.3, -0.25) is 10.4 Å². The molecule has 0 saturated carbocycles. The number of anilines is 1. The van der Waals surface area contributed by atoms with E-state index in [0.717, 1.165) is 16.7 Å². The molecule has 3 aromatic rings. The van der Waals surface area contributed by atoms with Gasteiger partial charge in [-0.15, -0.1) is 0 Å². The van der Waals surface area contributed by atoms with Crippen LogP contribution in [0.15, 0.2) is 59.7 Å². The number of aliphatic hydroxyl groups is 2. The second-order valence-corrected chi connectivity index (χ2v) is 8.66. The maximum absolute atomic E-state index is 13.3. The second-order valence-electron chi connectivity index (χ2n) is 8.66. The topological polar surface area (TPSA) is 129 Å². The van der Waals surface area contributed by atoms with Crippen LogP contribution in [-0.4, -0.2) is 62.1 Å². The Balaban J connectivity index is 1.48. The number of carbonyl (C=O) groups is 1. The highest BCUT2D eigenvalue weighted by Crippen LogP contribution is 2.41. The van der Waals surface area contributed by atoms with Crippen molar-refractivity contribution in [2.75, 3.05) is 12.0 Å². The average Bonchev–Trinajstić information content (AvgIpc) is 3.36. The van der Waals surface area contributed by atoms with Gasteiger partial charge in [0.2, 0.25) is 0 Å². The minimum atomic E-state index is -1.14. The van der Waals surface area contributed by atoms with Crippen molar-refractivity contribution >= 4 is 23.8 Å². The summed E-state index contributed by atoms with van der Waals surface area (Å²) >= 11 is 0. The van der Waals surface area contributed by atoms with Crippen molar-refractivity contribution in [3.05, 3.63) is 66.1 Å². The molecule has 188 valence electrons. The molecule has 2 aliphatic rings. The predicted molar refractivity (Wildman–Crippen MR) is 128 cm³/mol. The van der Waals surface area contributed by atoms with Crippen molar-refractivity contribution in [2.24, 2.45) is 4.99 Å². The number of carboxylic acid groups (broad SMARTS) is 1. The third kappa shape index (κ3) is 4.63. The summed E-state index contributed by atoms with van der Waals surface area (Å²) < 4.78 is 26.1. The Kier molecular flexibility index (Phi) is 6.35. The third-order valence-corrected chi connectivity index (χ3v) is 6.15. The largest absolute Gasteiger partial charge is 0.482 e. The fourth-order valence-electron chi connectivity index (χ4n) is 4.33. The van der Waals surface area contributed by atoms with Crippen LogP contribution in [0.3, 0.4) is 0 Å². The van der Waals surface area contributed by atoms with Gasteiger partial charge in [-0.2, -0.15) is 0 Å². The van der Waals surface area contributed by atoms with E-state index in [1.807, 2.05) is 6.20 Å². The molecule has 36 heavy (non-hydrogen) atoms. The number of hydrogen-bond acceptors (Lipinski definition) is 8. The molecule has 0 spiro atoms. The summed E-state index contributed by atoms with van der Waals surface area (Å²) in [6, 6.07) is 12.9. The number of nitrogens with one attached hydrogen (secondary N) is 1. The summed E-state index contributed by atoms with van der Waals surface area (Å²) in [6.07, 6.45) is -0.149. The lowest BCUT2D eigenvalue weighted by molar-refractivity contribution is -0.139. The molecule has 0 bridgehead atoms. The number of hydrazine groups is 1. The van der Waals surface area contributed by atoms with E-state index >= 15 is 0 Å². The number of halogens is 1. The van der Waals surface area contributed by atoms with Gasteiger partial charge in [0.15, 0.2) is 12.8 Å². The molecule has 0 aliphatic carbocycles. The van der Waals surface area contributed by atoms with E-state index in [9.17, 15) is 19.4 Å². The Morgan fingerprint density at radius 2 is 1.89 bits per heavy atom. The third-order valence-electron chi connectivity index (χ3n) is 6.15. The highest BCUT2D eigenvalue weighted by Gasteiger charge is 2.42. The van der Waals surface area contributed by atoms with Crippen molar-refractivity contribution < 1.29 is 34.0 Å². The number of benzene rings is 2. The molecule has 4 atom stereocenters. The van der Waals surface area contributed by atoms with Crippen LogP contribution in [-0.2, 0) is 16.1 Å². The van der Waals surface area contributed by atoms with Gasteiger partial charge in [0.05, 0.1) is 18.3 Å². The summed E-state index contributed by atoms with van der Waals surface area (Å²) in [6.45, 7) is 1.64. The van der Waals surface area contributed by atoms with Crippen molar-refractivity contribution in [1.29, 1.82) is 0 Å². The van der Waals surface area contributed by atoms with Crippen LogP contribution in [0.4, 0.5) is 15.9 Å². The zero-order valence-corrected chi connectivity index (χ0v) is 19.3. The summed E-state index contributed by atoms with van der Waals surface area (Å²) in [5.74, 6) is -0.419. The van der Waals surface area contributed by atoms with Crippen LogP contribution in [0.1, 0.15) is 18.7 Å². The molecule has 2 aliphatic heterocycles. The van der Waals surface area contributed by atoms with E-state index in [1.165, 1.54) is 12.1 Å². The Morgan fingerprint density at radius 3 is 2.53 bits per heavy atom. The standard InChI is InChI=1S/C25H25FN4O6/c1-14-22(33)23(34)25(36-14)30-11-19(15-2-8-18(9-3-15)35-12-21(31)32)20-10-29(13-27-24(20)30)28-17-6-4-16(26)5-7-17/h2-9,11,13-14,22-23,25,28,33-34H,10,12H2,1H3,(H,31,32)/t14-,22-,23-,25-/m1/s1. The number of carboxylic acids is 1. The minimum Gasteiger partial charge on any atom is -0.482 e. The predicted octanol–water partition coefficient (Wildman–Crippen LogP) is 2.90. The average molecular weight is 496 g/mol. The lowest BCUT2D eigenvalue weighted by Gasteiger charge is -2.26. The Bertz CT molecular complexity index is 1280. The SMILES string of the molecule is C[C@H]1O[C@@H](n2cc(-c3ccc(OCC(=O)O)cc3)c3c2N=CN(Nc2ccc(F)cc2)C3)[C@H](O)[C@@H]1O. The van der Waals surface area contributed by atoms with E-state index in [-0.39, 0.29) is 5.82 Å². The van der Waals surface area contributed by atoms with Crippen LogP contribution in [0.5, 0.6) is 5.75 Å². The van der Waals surface area contributed by atoms with Crippen molar-refractivity contribution in [1.82, 2.24) is 9.58 Å². The van der Waals surface area contributed by atoms with Crippen LogP contribution >= 0.6 is 0 Å². The molecule has 1 aromatic heterocycles. The van der Waals surface area contributed by atoms with E-state index in [2.05, 4.69) is 10.4 Å². The monoisotopic (exact) mass is 496 g/mol. The van der Waals surface area contributed by atoms with Gasteiger partial charge in [0.25, 0.3) is 0 Å². The van der Waals surface area contributed by atoms with Gasteiger partial charge < -0.3 is 29.4 Å². The van der Waals surface area contributed by atoms with Gasteiger partial charge >= 0.3 is 5.97 Å². The quantitative estimate of drug-likeness (QED) is 0.393. The van der Waals surface area contributed by atoms with E-state index < -0.39 is 37.1 Å². The first-order valence-corrected chi connectivity index (χ1v) is 11.3. The van der Waals surface area contributed by atoms with Crippen molar-refractivity contribution in [3.8, 4) is 16.9 Å². The molecule has 0 amide bonds. The number of rotatable bonds is 7. The zero-order valence-electron chi connectivity index (χ0n) is 19.3. The normalized spacial score (nSPS) is 22.9. The fourth-order valence-corrected chi connectivity index (χ4v) is 4.33. The molecule has 3 heterocycles. The van der Waals surface area contributed by atoms with Crippen LogP contribution in [0, 0.1) is 5.82 Å². The van der Waals surface area contributed by atoms with E-state index in [1.54, 1.807) is 59.2 Å². The van der Waals surface area contributed by atoms with Gasteiger partial charge in [-0.25, -0.2) is 14.2 Å². The van der Waals surface area contributed by atoms with Crippen molar-refractivity contribution in [3.63, 3.8) is 0 Å². The molecule has 0 radical (unpaired) electrons. The van der Waals surface area contributed by atoms with Crippen molar-refractivity contribution in [2.45, 2.75) is 38.0 Å². The van der Waals surface area contributed by atoms with E-state index in [0.29, 0.717) is 23.8 Å². The molecular formula is C25H25FN4O6. The first kappa shape index (κ1) is 23.8. The number of aliphatic carboxylic acids is 1. The molecule has 11 heteroatoms. The lowest BCUT2D eigenvalue weighted by Crippen LogP contribution is -2.31. The molecule has 0 unspecified atom stereocenters. The number of aliphatic hydroxyl groups excluding tert-OH is 2. The molecular weight excluding hydrogens is 471 g/mol. The number of ether oxygens (including phenoxy) is 2. The van der Waals surface area contributed by atoms with E-state index in [4.69, 9.17) is 14.6 Å². The Labute approximate surface area is 205 Å². The summed E-state index contributed by atoms with van der Waals surface area (Å²) in [7, 11) is 0. The Hall–Kier alpha value is -3.93. The lowest BCUT2D eigenvalue weighted by atomic mass is 10.0. The Morgan fingerprint density at radius 1 is 1.17 bits per heavy atom. The van der Waals surface area contributed by atoms with Gasteiger partial charge in [-0.1, -0.05) is 12.1 Å². The molecule has 1 fully saturated rings. The summed E-state index contributed by atoms with van der Waals surface area (Å²) in [5, 5.41) is 31.4. The van der Waals surface area contributed by atoms with Crippen LogP contribution in [0.2, 0.25) is 0 Å². The fraction of sp³-hybridized carbons (Fsp3) is 0.280. The van der Waals surface area contributed by atoms with Gasteiger partial charge in [0, 0.05) is 17.3 Å². The number of hydrogen-bond donors (Lipinski definition) is 4. The summed E-state index contributed by atoms with van der Waals surface area (Å²) in [4.78, 5) is 15.4. The highest BCUT2D eigenvalue weighted by molar-refractivity contribution is 5.78. The number of aliphatic imine (C=N–C) groups is 1. The van der Waals surface area contributed by atoms with Gasteiger partial charge in [-0.05, 0) is 48.9 Å². The molecule has 5 rings (SSSR count). The number of aromatic nitrogens is 1. The molecule has 1 saturated heterocycles. The maximum Gasteiger partial charge on any atom is 0.341 e. The van der Waals surface area contributed by atoms with Crippen LogP contribution < -0.4 is 10.2 Å². The first-order chi connectivity index (χ1) is 17.3. The summed E-state index contributed by atoms with van der Waals surface area (Å²) in [5.41, 5.74) is 6.31. The smallest absolute Gasteiger partial charge is 0.341 e. The molecule has 4 N–H and O–H groups in total. The minimum absolute atomic E-state index is 0.336. The molecule has 2 aromatic carbocycles. The van der Waals surface area contributed by atoms with Crippen LogP contribution in [0.25, 0.3) is 11.1 Å². The number of fused-ring (bicyclic) bond motifs is 1. The molecule has 10 nitrogen and oxygen atoms in total. The highest BCUT2D eigenvalue weighted by atomic mass is 19.1. The van der Waals surface area contributed by atoms with Gasteiger partial charge in [0.1, 0.15) is 35.9 Å². The first-order valence-electron chi connectivity index (χ1n) is 11.3. The zero-order chi connectivity index (χ0) is 25.4. The second kappa shape index (κ2) is 9.61. The number of nitrogens with zero attached hydrogens (tertiary/aromatic N) is 3.